The molecule has 0 aromatic heterocycles. The van der Waals surface area contributed by atoms with Gasteiger partial charge >= 0.3 is 0 Å². The van der Waals surface area contributed by atoms with Crippen LogP contribution in [0.1, 0.15) is 44.1 Å². The molecule has 0 bridgehead atoms. The van der Waals surface area contributed by atoms with Gasteiger partial charge in [0, 0.05) is 17.3 Å². The number of nitrogens with one attached hydrogen (secondary N) is 1. The molecule has 0 saturated heterocycles. The number of halogens is 1. The van der Waals surface area contributed by atoms with Crippen LogP contribution in [0, 0.1) is 12.3 Å². The first-order valence-electron chi connectivity index (χ1n) is 7.36. The van der Waals surface area contributed by atoms with Crippen molar-refractivity contribution < 1.29 is 4.79 Å². The van der Waals surface area contributed by atoms with Crippen LogP contribution in [0.5, 0.6) is 0 Å². The molecular formula is C16H23ClN2O. The smallest absolute Gasteiger partial charge is 0.231 e. The van der Waals surface area contributed by atoms with Crippen LogP contribution in [-0.4, -0.2) is 12.5 Å². The van der Waals surface area contributed by atoms with Gasteiger partial charge in [-0.1, -0.05) is 43.4 Å². The van der Waals surface area contributed by atoms with Crippen molar-refractivity contribution in [3.05, 3.63) is 28.8 Å². The number of hydrogen-bond donors (Lipinski definition) is 2. The van der Waals surface area contributed by atoms with Crippen LogP contribution in [0.2, 0.25) is 5.02 Å². The summed E-state index contributed by atoms with van der Waals surface area (Å²) in [5.41, 5.74) is 7.23. The molecule has 0 unspecified atom stereocenters. The van der Waals surface area contributed by atoms with Gasteiger partial charge in [0.25, 0.3) is 0 Å². The van der Waals surface area contributed by atoms with E-state index in [0.29, 0.717) is 11.6 Å². The molecule has 0 atom stereocenters. The third-order valence-electron chi connectivity index (χ3n) is 4.45. The van der Waals surface area contributed by atoms with Gasteiger partial charge in [-0.3, -0.25) is 4.79 Å². The van der Waals surface area contributed by atoms with E-state index >= 15 is 0 Å². The Morgan fingerprint density at radius 3 is 2.55 bits per heavy atom. The van der Waals surface area contributed by atoms with Crippen LogP contribution in [0.25, 0.3) is 0 Å². The highest BCUT2D eigenvalue weighted by atomic mass is 35.5. The second-order valence-corrected chi connectivity index (χ2v) is 6.17. The molecule has 1 aromatic rings. The van der Waals surface area contributed by atoms with Crippen molar-refractivity contribution in [3.8, 4) is 0 Å². The lowest BCUT2D eigenvalue weighted by Gasteiger charge is -2.30. The van der Waals surface area contributed by atoms with Gasteiger partial charge in [0.1, 0.15) is 0 Å². The normalized spacial score (nSPS) is 18.4. The van der Waals surface area contributed by atoms with E-state index in [1.165, 1.54) is 12.8 Å². The summed E-state index contributed by atoms with van der Waals surface area (Å²) in [6.45, 7) is 2.33. The number of carbonyl (C=O) groups is 1. The van der Waals surface area contributed by atoms with E-state index in [9.17, 15) is 4.79 Å². The number of rotatable bonds is 3. The van der Waals surface area contributed by atoms with Gasteiger partial charge in [0.2, 0.25) is 5.91 Å². The SMILES string of the molecule is Cc1c(Cl)cccc1NC(=O)C1(CN)CCCCCC1. The lowest BCUT2D eigenvalue weighted by atomic mass is 9.79. The van der Waals surface area contributed by atoms with E-state index in [-0.39, 0.29) is 5.91 Å². The van der Waals surface area contributed by atoms with Gasteiger partial charge in [-0.15, -0.1) is 0 Å². The van der Waals surface area contributed by atoms with Crippen molar-refractivity contribution in [2.45, 2.75) is 45.4 Å². The highest BCUT2D eigenvalue weighted by molar-refractivity contribution is 6.31. The molecule has 1 amide bonds. The Bertz CT molecular complexity index is 479. The van der Waals surface area contributed by atoms with Crippen molar-refractivity contribution >= 4 is 23.2 Å². The number of hydrogen-bond acceptors (Lipinski definition) is 2. The molecule has 20 heavy (non-hydrogen) atoms. The molecule has 3 N–H and O–H groups in total. The first kappa shape index (κ1) is 15.3. The highest BCUT2D eigenvalue weighted by Gasteiger charge is 2.37. The van der Waals surface area contributed by atoms with E-state index in [1.54, 1.807) is 0 Å². The monoisotopic (exact) mass is 294 g/mol. The zero-order valence-corrected chi connectivity index (χ0v) is 12.8. The standard InChI is InChI=1S/C16H23ClN2O/c1-12-13(17)7-6-8-14(12)19-15(20)16(11-18)9-4-2-3-5-10-16/h6-8H,2-5,9-11,18H2,1H3,(H,19,20). The minimum Gasteiger partial charge on any atom is -0.329 e. The lowest BCUT2D eigenvalue weighted by Crippen LogP contribution is -2.42. The quantitative estimate of drug-likeness (QED) is 0.831. The van der Waals surface area contributed by atoms with Crippen LogP contribution in [0.4, 0.5) is 5.69 Å². The van der Waals surface area contributed by atoms with Crippen LogP contribution >= 0.6 is 11.6 Å². The summed E-state index contributed by atoms with van der Waals surface area (Å²) in [6.07, 6.45) is 6.33. The number of benzene rings is 1. The lowest BCUT2D eigenvalue weighted by molar-refractivity contribution is -0.125. The van der Waals surface area contributed by atoms with Crippen molar-refractivity contribution in [2.75, 3.05) is 11.9 Å². The van der Waals surface area contributed by atoms with E-state index in [1.807, 2.05) is 25.1 Å². The molecular weight excluding hydrogens is 272 g/mol. The maximum atomic E-state index is 12.7. The van der Waals surface area contributed by atoms with Gasteiger partial charge < -0.3 is 11.1 Å². The predicted molar refractivity (Wildman–Crippen MR) is 84.0 cm³/mol. The zero-order valence-electron chi connectivity index (χ0n) is 12.0. The van der Waals surface area contributed by atoms with Crippen molar-refractivity contribution in [2.24, 2.45) is 11.1 Å². The van der Waals surface area contributed by atoms with Gasteiger partial charge in [0.05, 0.1) is 5.41 Å². The summed E-state index contributed by atoms with van der Waals surface area (Å²) in [5.74, 6) is 0.0484. The van der Waals surface area contributed by atoms with E-state index in [2.05, 4.69) is 5.32 Å². The molecule has 0 spiro atoms. The number of nitrogens with two attached hydrogens (primary N) is 1. The Morgan fingerprint density at radius 2 is 1.95 bits per heavy atom. The summed E-state index contributed by atoms with van der Waals surface area (Å²) < 4.78 is 0. The average Bonchev–Trinajstić information content (AvgIpc) is 2.70. The molecule has 1 aliphatic carbocycles. The largest absolute Gasteiger partial charge is 0.329 e. The zero-order chi connectivity index (χ0) is 14.6. The maximum Gasteiger partial charge on any atom is 0.231 e. The molecule has 1 aromatic carbocycles. The fourth-order valence-electron chi connectivity index (χ4n) is 2.93. The van der Waals surface area contributed by atoms with Gasteiger partial charge in [-0.25, -0.2) is 0 Å². The predicted octanol–water partition coefficient (Wildman–Crippen LogP) is 3.89. The number of amides is 1. The molecule has 2 rings (SSSR count). The van der Waals surface area contributed by atoms with Crippen LogP contribution < -0.4 is 11.1 Å². The van der Waals surface area contributed by atoms with Crippen molar-refractivity contribution in [1.29, 1.82) is 0 Å². The second-order valence-electron chi connectivity index (χ2n) is 5.77. The topological polar surface area (TPSA) is 55.1 Å². The molecule has 0 heterocycles. The molecule has 0 radical (unpaired) electrons. The fourth-order valence-corrected chi connectivity index (χ4v) is 3.10. The van der Waals surface area contributed by atoms with Gasteiger partial charge in [-0.2, -0.15) is 0 Å². The van der Waals surface area contributed by atoms with Crippen LogP contribution in [0.15, 0.2) is 18.2 Å². The molecule has 110 valence electrons. The van der Waals surface area contributed by atoms with Crippen molar-refractivity contribution in [3.63, 3.8) is 0 Å². The summed E-state index contributed by atoms with van der Waals surface area (Å²) in [7, 11) is 0. The minimum absolute atomic E-state index is 0.0484. The van der Waals surface area contributed by atoms with E-state index < -0.39 is 5.41 Å². The summed E-state index contributed by atoms with van der Waals surface area (Å²) in [6, 6.07) is 5.57. The van der Waals surface area contributed by atoms with Gasteiger partial charge in [-0.05, 0) is 37.5 Å². The first-order valence-corrected chi connectivity index (χ1v) is 7.73. The Labute approximate surface area is 125 Å². The minimum atomic E-state index is -0.411. The van der Waals surface area contributed by atoms with Crippen LogP contribution in [0.3, 0.4) is 0 Å². The molecule has 1 saturated carbocycles. The van der Waals surface area contributed by atoms with E-state index in [0.717, 1.165) is 36.9 Å². The Morgan fingerprint density at radius 1 is 1.30 bits per heavy atom. The Balaban J connectivity index is 2.18. The third-order valence-corrected chi connectivity index (χ3v) is 4.86. The highest BCUT2D eigenvalue weighted by Crippen LogP contribution is 2.36. The van der Waals surface area contributed by atoms with Crippen molar-refractivity contribution in [1.82, 2.24) is 0 Å². The average molecular weight is 295 g/mol. The Hall–Kier alpha value is -1.06. The number of anilines is 1. The first-order chi connectivity index (χ1) is 9.59. The summed E-state index contributed by atoms with van der Waals surface area (Å²) >= 11 is 6.10. The van der Waals surface area contributed by atoms with Gasteiger partial charge in [0.15, 0.2) is 0 Å². The fraction of sp³-hybridized carbons (Fsp3) is 0.562. The van der Waals surface area contributed by atoms with Crippen LogP contribution in [-0.2, 0) is 4.79 Å². The number of carbonyl (C=O) groups excluding carboxylic acids is 1. The molecule has 3 nitrogen and oxygen atoms in total. The summed E-state index contributed by atoms with van der Waals surface area (Å²) in [4.78, 5) is 12.7. The molecule has 0 aliphatic heterocycles. The second kappa shape index (κ2) is 6.59. The molecule has 1 fully saturated rings. The maximum absolute atomic E-state index is 12.7. The molecule has 4 heteroatoms. The third kappa shape index (κ3) is 3.15. The Kier molecular flexibility index (Phi) is 5.06. The van der Waals surface area contributed by atoms with E-state index in [4.69, 9.17) is 17.3 Å². The summed E-state index contributed by atoms with van der Waals surface area (Å²) in [5, 5.41) is 3.71. The molecule has 1 aliphatic rings.